The molecule has 3 N–H and O–H groups in total. The largest absolute Gasteiger partial charge is 0.432 e. The van der Waals surface area contributed by atoms with Gasteiger partial charge in [-0.25, -0.2) is 9.18 Å². The summed E-state index contributed by atoms with van der Waals surface area (Å²) < 4.78 is 41.6. The zero-order chi connectivity index (χ0) is 16.3. The number of amides is 2. The van der Waals surface area contributed by atoms with E-state index in [-0.39, 0.29) is 18.2 Å². The fraction of sp³-hybridized carbons (Fsp3) is 0.500. The molecule has 0 bridgehead atoms. The highest BCUT2D eigenvalue weighted by Crippen LogP contribution is 2.39. The number of aliphatic hydroxyl groups excluding tert-OH is 1. The lowest BCUT2D eigenvalue weighted by molar-refractivity contribution is -0.0521. The van der Waals surface area contributed by atoms with Crippen molar-refractivity contribution in [2.75, 3.05) is 11.9 Å². The van der Waals surface area contributed by atoms with E-state index in [0.717, 1.165) is 25.0 Å². The zero-order valence-corrected chi connectivity index (χ0v) is 11.9. The number of carbonyl (C=O) groups is 1. The second kappa shape index (κ2) is 6.43. The number of halogens is 3. The van der Waals surface area contributed by atoms with Crippen LogP contribution in [0.2, 0.25) is 0 Å². The van der Waals surface area contributed by atoms with Crippen LogP contribution in [0.25, 0.3) is 0 Å². The first-order valence-corrected chi connectivity index (χ1v) is 6.78. The van der Waals surface area contributed by atoms with Crippen molar-refractivity contribution >= 4 is 11.7 Å². The third-order valence-corrected chi connectivity index (χ3v) is 3.61. The van der Waals surface area contributed by atoms with E-state index in [1.54, 1.807) is 6.92 Å². The molecule has 8 heteroatoms. The minimum Gasteiger partial charge on any atom is -0.432 e. The Labute approximate surface area is 125 Å². The first-order valence-electron chi connectivity index (χ1n) is 6.78. The molecule has 1 aliphatic rings. The number of alkyl halides is 2. The van der Waals surface area contributed by atoms with E-state index >= 15 is 0 Å². The maximum absolute atomic E-state index is 13.5. The van der Waals surface area contributed by atoms with Crippen molar-refractivity contribution in [1.82, 2.24) is 5.32 Å². The van der Waals surface area contributed by atoms with Crippen LogP contribution in [0.1, 0.15) is 19.8 Å². The van der Waals surface area contributed by atoms with Crippen LogP contribution in [0.3, 0.4) is 0 Å². The van der Waals surface area contributed by atoms with Gasteiger partial charge in [0.1, 0.15) is 0 Å². The fourth-order valence-electron chi connectivity index (χ4n) is 2.18. The van der Waals surface area contributed by atoms with Gasteiger partial charge in [0, 0.05) is 11.8 Å². The Morgan fingerprint density at radius 3 is 2.68 bits per heavy atom. The van der Waals surface area contributed by atoms with Crippen molar-refractivity contribution in [2.45, 2.75) is 31.9 Å². The molecular weight excluding hydrogens is 301 g/mol. The van der Waals surface area contributed by atoms with E-state index in [4.69, 9.17) is 0 Å². The Kier molecular flexibility index (Phi) is 4.80. The first kappa shape index (κ1) is 16.4. The fourth-order valence-corrected chi connectivity index (χ4v) is 2.18. The molecule has 1 aliphatic carbocycles. The van der Waals surface area contributed by atoms with Gasteiger partial charge in [-0.2, -0.15) is 8.78 Å². The van der Waals surface area contributed by atoms with Gasteiger partial charge in [-0.1, -0.05) is 0 Å². The molecule has 0 spiro atoms. The summed E-state index contributed by atoms with van der Waals surface area (Å²) in [6.45, 7) is -1.61. The first-order chi connectivity index (χ1) is 10.3. The SMILES string of the molecule is CC(CO)(NC(=O)Nc1ccc(OC(F)F)c(F)c1)C1CC1. The van der Waals surface area contributed by atoms with E-state index in [1.165, 1.54) is 6.07 Å². The summed E-state index contributed by atoms with van der Waals surface area (Å²) in [5, 5.41) is 14.4. The molecule has 0 heterocycles. The van der Waals surface area contributed by atoms with Crippen LogP contribution >= 0.6 is 0 Å². The number of hydrogen-bond donors (Lipinski definition) is 3. The maximum Gasteiger partial charge on any atom is 0.387 e. The molecule has 0 radical (unpaired) electrons. The van der Waals surface area contributed by atoms with Crippen LogP contribution in [-0.4, -0.2) is 29.9 Å². The molecular formula is C14H17F3N2O3. The standard InChI is InChI=1S/C14H17F3N2O3/c1-14(7-20,8-2-3-8)19-13(21)18-9-4-5-11(10(15)6-9)22-12(16)17/h4-6,8,12,20H,2-3,7H2,1H3,(H2,18,19,21). The van der Waals surface area contributed by atoms with Crippen LogP contribution in [0.15, 0.2) is 18.2 Å². The molecule has 2 rings (SSSR count). The van der Waals surface area contributed by atoms with Crippen molar-refractivity contribution in [1.29, 1.82) is 0 Å². The molecule has 5 nitrogen and oxygen atoms in total. The lowest BCUT2D eigenvalue weighted by Gasteiger charge is -2.28. The van der Waals surface area contributed by atoms with Gasteiger partial charge in [0.2, 0.25) is 0 Å². The van der Waals surface area contributed by atoms with Crippen molar-refractivity contribution in [3.05, 3.63) is 24.0 Å². The molecule has 1 fully saturated rings. The normalized spacial score (nSPS) is 17.0. The molecule has 0 aromatic heterocycles. The minimum atomic E-state index is -3.12. The number of anilines is 1. The van der Waals surface area contributed by atoms with Gasteiger partial charge in [0.25, 0.3) is 0 Å². The zero-order valence-electron chi connectivity index (χ0n) is 11.9. The third kappa shape index (κ3) is 4.03. The second-order valence-electron chi connectivity index (χ2n) is 5.45. The molecule has 122 valence electrons. The monoisotopic (exact) mass is 318 g/mol. The summed E-state index contributed by atoms with van der Waals surface area (Å²) >= 11 is 0. The summed E-state index contributed by atoms with van der Waals surface area (Å²) in [7, 11) is 0. The quantitative estimate of drug-likeness (QED) is 0.755. The van der Waals surface area contributed by atoms with Gasteiger partial charge in [0.15, 0.2) is 11.6 Å². The number of rotatable bonds is 6. The summed E-state index contributed by atoms with van der Waals surface area (Å²) in [4.78, 5) is 11.9. The van der Waals surface area contributed by atoms with Crippen LogP contribution in [0, 0.1) is 11.7 Å². The molecule has 1 aromatic carbocycles. The summed E-state index contributed by atoms with van der Waals surface area (Å²) in [5.74, 6) is -1.40. The Bertz CT molecular complexity index is 552. The van der Waals surface area contributed by atoms with Gasteiger partial charge in [-0.15, -0.1) is 0 Å². The van der Waals surface area contributed by atoms with Crippen LogP contribution in [-0.2, 0) is 0 Å². The highest BCUT2D eigenvalue weighted by Gasteiger charge is 2.42. The van der Waals surface area contributed by atoms with Crippen molar-refractivity contribution in [3.63, 3.8) is 0 Å². The Morgan fingerprint density at radius 1 is 1.50 bits per heavy atom. The number of urea groups is 1. The molecule has 1 atom stereocenters. The number of hydrogen-bond acceptors (Lipinski definition) is 3. The van der Waals surface area contributed by atoms with Crippen LogP contribution < -0.4 is 15.4 Å². The number of benzene rings is 1. The van der Waals surface area contributed by atoms with Gasteiger partial charge in [-0.05, 0) is 37.8 Å². The van der Waals surface area contributed by atoms with E-state index in [1.807, 2.05) is 0 Å². The summed E-state index contributed by atoms with van der Waals surface area (Å²) in [5.41, 5.74) is -0.644. The highest BCUT2D eigenvalue weighted by atomic mass is 19.3. The second-order valence-corrected chi connectivity index (χ2v) is 5.45. The molecule has 2 amide bonds. The van der Waals surface area contributed by atoms with Gasteiger partial charge in [-0.3, -0.25) is 0 Å². The average molecular weight is 318 g/mol. The molecule has 1 unspecified atom stereocenters. The average Bonchev–Trinajstić information content (AvgIpc) is 3.26. The molecule has 0 saturated heterocycles. The Morgan fingerprint density at radius 2 is 2.18 bits per heavy atom. The van der Waals surface area contributed by atoms with Crippen LogP contribution in [0.5, 0.6) is 5.75 Å². The lowest BCUT2D eigenvalue weighted by Crippen LogP contribution is -2.52. The summed E-state index contributed by atoms with van der Waals surface area (Å²) in [6.07, 6.45) is 1.84. The third-order valence-electron chi connectivity index (χ3n) is 3.61. The highest BCUT2D eigenvalue weighted by molar-refractivity contribution is 5.89. The van der Waals surface area contributed by atoms with E-state index in [2.05, 4.69) is 15.4 Å². The maximum atomic E-state index is 13.5. The Balaban J connectivity index is 1.98. The van der Waals surface area contributed by atoms with Crippen molar-refractivity contribution in [3.8, 4) is 5.75 Å². The predicted octanol–water partition coefficient (Wildman–Crippen LogP) is 2.71. The van der Waals surface area contributed by atoms with E-state index < -0.39 is 29.7 Å². The summed E-state index contributed by atoms with van der Waals surface area (Å²) in [6, 6.07) is 2.52. The number of carbonyl (C=O) groups excluding carboxylic acids is 1. The number of nitrogens with one attached hydrogen (secondary N) is 2. The van der Waals surface area contributed by atoms with Gasteiger partial charge < -0.3 is 20.5 Å². The molecule has 0 aliphatic heterocycles. The van der Waals surface area contributed by atoms with Crippen LogP contribution in [0.4, 0.5) is 23.7 Å². The predicted molar refractivity (Wildman–Crippen MR) is 73.4 cm³/mol. The lowest BCUT2D eigenvalue weighted by atomic mass is 9.97. The van der Waals surface area contributed by atoms with E-state index in [9.17, 15) is 23.1 Å². The van der Waals surface area contributed by atoms with Crippen molar-refractivity contribution in [2.24, 2.45) is 5.92 Å². The van der Waals surface area contributed by atoms with Crippen molar-refractivity contribution < 1.29 is 27.8 Å². The number of ether oxygens (including phenoxy) is 1. The molecule has 1 saturated carbocycles. The van der Waals surface area contributed by atoms with E-state index in [0.29, 0.717) is 0 Å². The Hall–Kier alpha value is -1.96. The van der Waals surface area contributed by atoms with Gasteiger partial charge >= 0.3 is 12.6 Å². The van der Waals surface area contributed by atoms with Gasteiger partial charge in [0.05, 0.1) is 12.1 Å². The molecule has 1 aromatic rings. The molecule has 22 heavy (non-hydrogen) atoms. The minimum absolute atomic E-state index is 0.0905. The number of aliphatic hydroxyl groups is 1. The topological polar surface area (TPSA) is 70.6 Å². The smallest absolute Gasteiger partial charge is 0.387 e.